The van der Waals surface area contributed by atoms with Crippen molar-refractivity contribution in [2.24, 2.45) is 0 Å². The number of ether oxygens (including phenoxy) is 1. The maximum absolute atomic E-state index is 14.3. The Kier molecular flexibility index (Phi) is 3.61. The number of amides is 2. The average molecular weight is 357 g/mol. The van der Waals surface area contributed by atoms with Gasteiger partial charge >= 0.3 is 0 Å². The molecule has 0 saturated carbocycles. The number of rotatable bonds is 2. The lowest BCUT2D eigenvalue weighted by molar-refractivity contribution is -0.150. The van der Waals surface area contributed by atoms with E-state index in [1.807, 2.05) is 0 Å². The summed E-state index contributed by atoms with van der Waals surface area (Å²) in [5.74, 6) is -2.31. The summed E-state index contributed by atoms with van der Waals surface area (Å²) in [5.41, 5.74) is 0.0186. The molecule has 0 N–H and O–H groups in total. The van der Waals surface area contributed by atoms with Gasteiger partial charge in [-0.3, -0.25) is 19.6 Å². The lowest BCUT2D eigenvalue weighted by Gasteiger charge is -2.31. The van der Waals surface area contributed by atoms with E-state index in [0.717, 1.165) is 12.8 Å². The van der Waals surface area contributed by atoms with Crippen molar-refractivity contribution in [2.45, 2.75) is 18.8 Å². The first kappa shape index (κ1) is 14.3. The fourth-order valence-corrected chi connectivity index (χ4v) is 3.29. The molecule has 21 heavy (non-hydrogen) atoms. The molecule has 0 unspecified atom stereocenters. The molecule has 0 aliphatic carbocycles. The first-order valence-corrected chi connectivity index (χ1v) is 7.49. The van der Waals surface area contributed by atoms with Gasteiger partial charge < -0.3 is 4.74 Å². The van der Waals surface area contributed by atoms with Crippen molar-refractivity contribution in [3.8, 4) is 5.75 Å². The van der Waals surface area contributed by atoms with Crippen molar-refractivity contribution in [1.29, 1.82) is 0 Å². The molecule has 2 heterocycles. The van der Waals surface area contributed by atoms with E-state index >= 15 is 0 Å². The lowest BCUT2D eigenvalue weighted by Crippen LogP contribution is -2.45. The van der Waals surface area contributed by atoms with Crippen LogP contribution in [0, 0.1) is 5.82 Å². The van der Waals surface area contributed by atoms with Gasteiger partial charge in [-0.25, -0.2) is 4.39 Å². The molecule has 7 heteroatoms. The van der Waals surface area contributed by atoms with Gasteiger partial charge in [0.25, 0.3) is 11.8 Å². The average Bonchev–Trinajstić information content (AvgIpc) is 2.71. The minimum atomic E-state index is -1.15. The van der Waals surface area contributed by atoms with Crippen LogP contribution in [0.1, 0.15) is 24.3 Å². The second kappa shape index (κ2) is 5.29. The number of methoxy groups -OCH3 is 1. The lowest BCUT2D eigenvalue weighted by atomic mass is 9.96. The summed E-state index contributed by atoms with van der Waals surface area (Å²) in [5, 5.41) is 2.86. The molecule has 0 aromatic heterocycles. The summed E-state index contributed by atoms with van der Waals surface area (Å²) in [6.45, 7) is 1.00. The van der Waals surface area contributed by atoms with Gasteiger partial charge in [0.2, 0.25) is 0 Å². The molecular formula is C14H14BrFN2O3. The Labute approximate surface area is 129 Å². The minimum absolute atomic E-state index is 0.0186. The van der Waals surface area contributed by atoms with E-state index in [9.17, 15) is 14.0 Å². The van der Waals surface area contributed by atoms with Crippen molar-refractivity contribution in [2.75, 3.05) is 20.2 Å². The first-order chi connectivity index (χ1) is 10.0. The fourth-order valence-electron chi connectivity index (χ4n) is 2.88. The van der Waals surface area contributed by atoms with Crippen molar-refractivity contribution in [3.63, 3.8) is 0 Å². The van der Waals surface area contributed by atoms with E-state index in [0.29, 0.717) is 17.6 Å². The van der Waals surface area contributed by atoms with Crippen LogP contribution in [0.25, 0.3) is 0 Å². The molecule has 2 aliphatic heterocycles. The van der Waals surface area contributed by atoms with Crippen LogP contribution in [-0.4, -0.2) is 42.0 Å². The zero-order valence-corrected chi connectivity index (χ0v) is 13.0. The van der Waals surface area contributed by atoms with Crippen molar-refractivity contribution >= 4 is 27.7 Å². The molecule has 3 rings (SSSR count). The molecule has 112 valence electrons. The maximum atomic E-state index is 14.3. The Morgan fingerprint density at radius 3 is 2.29 bits per heavy atom. The number of carbonyl (C=O) groups is 2. The third kappa shape index (κ3) is 2.19. The number of halogens is 2. The third-order valence-corrected chi connectivity index (χ3v) is 4.31. The highest BCUT2D eigenvalue weighted by molar-refractivity contribution is 9.10. The summed E-state index contributed by atoms with van der Waals surface area (Å²) >= 11 is 3.18. The second-order valence-corrected chi connectivity index (χ2v) is 5.98. The van der Waals surface area contributed by atoms with Crippen LogP contribution < -0.4 is 4.74 Å². The summed E-state index contributed by atoms with van der Waals surface area (Å²) in [6.07, 6.45) is 1.70. The van der Waals surface area contributed by atoms with Crippen LogP contribution in [0.2, 0.25) is 0 Å². The Morgan fingerprint density at radius 2 is 1.76 bits per heavy atom. The van der Waals surface area contributed by atoms with E-state index in [1.54, 1.807) is 6.07 Å². The molecule has 2 fully saturated rings. The molecular weight excluding hydrogens is 343 g/mol. The monoisotopic (exact) mass is 356 g/mol. The normalized spacial score (nSPS) is 19.2. The molecule has 2 aliphatic rings. The van der Waals surface area contributed by atoms with Gasteiger partial charge in [-0.15, -0.1) is 0 Å². The molecule has 2 saturated heterocycles. The standard InChI is InChI=1S/C14H14BrFN2O3/c1-21-10-7-8(15)6-9(16)11(10)12-13(19)17-4-2-3-5-18(17)14(12)20/h6-7,12H,2-5H2,1H3. The van der Waals surface area contributed by atoms with Crippen molar-refractivity contribution in [1.82, 2.24) is 10.0 Å². The molecule has 1 aromatic rings. The topological polar surface area (TPSA) is 49.9 Å². The summed E-state index contributed by atoms with van der Waals surface area (Å²) in [6, 6.07) is 2.80. The zero-order valence-electron chi connectivity index (χ0n) is 11.4. The van der Waals surface area contributed by atoms with E-state index in [1.165, 1.54) is 23.2 Å². The highest BCUT2D eigenvalue weighted by Gasteiger charge is 2.49. The van der Waals surface area contributed by atoms with Crippen LogP contribution in [-0.2, 0) is 9.59 Å². The Balaban J connectivity index is 2.08. The number of carbonyl (C=O) groups excluding carboxylic acids is 2. The van der Waals surface area contributed by atoms with Crippen LogP contribution in [0.4, 0.5) is 4.39 Å². The predicted octanol–water partition coefficient (Wildman–Crippen LogP) is 2.06. The maximum Gasteiger partial charge on any atom is 0.258 e. The highest BCUT2D eigenvalue weighted by atomic mass is 79.9. The quantitative estimate of drug-likeness (QED) is 0.762. The Morgan fingerprint density at radius 1 is 1.19 bits per heavy atom. The van der Waals surface area contributed by atoms with Gasteiger partial charge in [0.1, 0.15) is 11.6 Å². The van der Waals surface area contributed by atoms with Crippen LogP contribution in [0.15, 0.2) is 16.6 Å². The summed E-state index contributed by atoms with van der Waals surface area (Å²) < 4.78 is 20.0. The van der Waals surface area contributed by atoms with Crippen LogP contribution >= 0.6 is 15.9 Å². The minimum Gasteiger partial charge on any atom is -0.496 e. The highest BCUT2D eigenvalue weighted by Crippen LogP contribution is 2.39. The zero-order chi connectivity index (χ0) is 15.1. The first-order valence-electron chi connectivity index (χ1n) is 6.70. The van der Waals surface area contributed by atoms with Crippen molar-refractivity contribution < 1.29 is 18.7 Å². The number of nitrogens with zero attached hydrogens (tertiary/aromatic N) is 2. The molecule has 1 aromatic carbocycles. The third-order valence-electron chi connectivity index (χ3n) is 3.85. The molecule has 2 amide bonds. The van der Waals surface area contributed by atoms with E-state index in [2.05, 4.69) is 15.9 Å². The van der Waals surface area contributed by atoms with Crippen LogP contribution in [0.3, 0.4) is 0 Å². The van der Waals surface area contributed by atoms with E-state index in [4.69, 9.17) is 4.74 Å². The SMILES string of the molecule is COc1cc(Br)cc(F)c1C1C(=O)N2CCCCN2C1=O. The molecule has 0 radical (unpaired) electrons. The number of benzene rings is 1. The van der Waals surface area contributed by atoms with E-state index < -0.39 is 11.7 Å². The van der Waals surface area contributed by atoms with Gasteiger partial charge in [0, 0.05) is 17.6 Å². The number of hydrazine groups is 1. The summed E-state index contributed by atoms with van der Waals surface area (Å²) in [4.78, 5) is 25.0. The molecule has 0 spiro atoms. The smallest absolute Gasteiger partial charge is 0.258 e. The van der Waals surface area contributed by atoms with Gasteiger partial charge in [0.05, 0.1) is 12.7 Å². The van der Waals surface area contributed by atoms with Crippen LogP contribution in [0.5, 0.6) is 5.75 Å². The predicted molar refractivity (Wildman–Crippen MR) is 76.1 cm³/mol. The van der Waals surface area contributed by atoms with Gasteiger partial charge in [-0.1, -0.05) is 15.9 Å². The second-order valence-electron chi connectivity index (χ2n) is 5.07. The summed E-state index contributed by atoms with van der Waals surface area (Å²) in [7, 11) is 1.39. The number of fused-ring (bicyclic) bond motifs is 1. The fraction of sp³-hybridized carbons (Fsp3) is 0.429. The van der Waals surface area contributed by atoms with Gasteiger partial charge in [-0.05, 0) is 25.0 Å². The van der Waals surface area contributed by atoms with Gasteiger partial charge in [-0.2, -0.15) is 0 Å². The largest absolute Gasteiger partial charge is 0.496 e. The van der Waals surface area contributed by atoms with Crippen molar-refractivity contribution in [3.05, 3.63) is 28.0 Å². The molecule has 5 nitrogen and oxygen atoms in total. The Hall–Kier alpha value is -1.63. The molecule has 0 bridgehead atoms. The molecule has 0 atom stereocenters. The Bertz CT molecular complexity index is 598. The number of hydrogen-bond acceptors (Lipinski definition) is 3. The van der Waals surface area contributed by atoms with Gasteiger partial charge in [0.15, 0.2) is 5.92 Å². The number of hydrogen-bond donors (Lipinski definition) is 0. The van der Waals surface area contributed by atoms with E-state index in [-0.39, 0.29) is 23.1 Å².